The normalized spacial score (nSPS) is 12.1. The van der Waals surface area contributed by atoms with E-state index in [1.54, 1.807) is 24.3 Å². The maximum Gasteiger partial charge on any atom is 0.335 e. The van der Waals surface area contributed by atoms with Gasteiger partial charge < -0.3 is 14.6 Å². The number of sulfonamides is 1. The van der Waals surface area contributed by atoms with E-state index in [2.05, 4.69) is 5.43 Å². The molecule has 0 aliphatic carbocycles. The van der Waals surface area contributed by atoms with Crippen molar-refractivity contribution in [2.24, 2.45) is 0 Å². The highest BCUT2D eigenvalue weighted by Crippen LogP contribution is 2.19. The second kappa shape index (κ2) is 9.39. The molecule has 1 atom stereocenters. The third-order valence-electron chi connectivity index (χ3n) is 3.85. The van der Waals surface area contributed by atoms with Crippen LogP contribution in [0, 0.1) is 6.92 Å². The van der Waals surface area contributed by atoms with Crippen molar-refractivity contribution in [3.8, 4) is 11.5 Å². The summed E-state index contributed by atoms with van der Waals surface area (Å²) in [6.45, 7) is 5.35. The van der Waals surface area contributed by atoms with E-state index in [0.717, 1.165) is 6.07 Å². The van der Waals surface area contributed by atoms with Crippen LogP contribution in [-0.4, -0.2) is 38.1 Å². The van der Waals surface area contributed by atoms with Crippen molar-refractivity contribution >= 4 is 21.9 Å². The Kier molecular flexibility index (Phi) is 7.18. The first-order chi connectivity index (χ1) is 13.6. The molecule has 0 saturated heterocycles. The number of hydrazine groups is 1. The van der Waals surface area contributed by atoms with Crippen LogP contribution in [0.1, 0.15) is 29.8 Å². The van der Waals surface area contributed by atoms with Crippen molar-refractivity contribution in [3.05, 3.63) is 53.6 Å². The maximum absolute atomic E-state index is 12.4. The summed E-state index contributed by atoms with van der Waals surface area (Å²) in [4.78, 5) is 24.9. The zero-order valence-electron chi connectivity index (χ0n) is 16.1. The van der Waals surface area contributed by atoms with E-state index in [-0.39, 0.29) is 10.5 Å². The van der Waals surface area contributed by atoms with Gasteiger partial charge in [0.2, 0.25) is 0 Å². The third-order valence-corrected chi connectivity index (χ3v) is 5.24. The molecule has 10 heteroatoms. The lowest BCUT2D eigenvalue weighted by Crippen LogP contribution is -2.47. The third kappa shape index (κ3) is 5.93. The molecule has 0 saturated carbocycles. The molecule has 3 N–H and O–H groups in total. The number of hydrogen-bond acceptors (Lipinski definition) is 6. The predicted molar refractivity (Wildman–Crippen MR) is 104 cm³/mol. The summed E-state index contributed by atoms with van der Waals surface area (Å²) in [6.07, 6.45) is -0.998. The Bertz CT molecular complexity index is 988. The van der Waals surface area contributed by atoms with E-state index in [1.807, 2.05) is 11.8 Å². The van der Waals surface area contributed by atoms with Gasteiger partial charge in [-0.3, -0.25) is 10.2 Å². The van der Waals surface area contributed by atoms with E-state index in [0.29, 0.717) is 23.7 Å². The van der Waals surface area contributed by atoms with Gasteiger partial charge in [-0.2, -0.15) is 0 Å². The largest absolute Gasteiger partial charge is 0.494 e. The number of carbonyl (C=O) groups excluding carboxylic acids is 1. The van der Waals surface area contributed by atoms with Gasteiger partial charge in [0, 0.05) is 0 Å². The van der Waals surface area contributed by atoms with Gasteiger partial charge in [0.1, 0.15) is 11.5 Å². The molecular formula is C19H22N2O7S. The lowest BCUT2D eigenvalue weighted by molar-refractivity contribution is -0.127. The summed E-state index contributed by atoms with van der Waals surface area (Å²) in [7, 11) is -4.18. The quantitative estimate of drug-likeness (QED) is 0.526. The molecule has 0 aliphatic heterocycles. The van der Waals surface area contributed by atoms with E-state index in [1.165, 1.54) is 26.0 Å². The van der Waals surface area contributed by atoms with Crippen molar-refractivity contribution in [3.63, 3.8) is 0 Å². The van der Waals surface area contributed by atoms with E-state index >= 15 is 0 Å². The number of amides is 1. The van der Waals surface area contributed by atoms with Crippen LogP contribution in [0.4, 0.5) is 0 Å². The van der Waals surface area contributed by atoms with Crippen LogP contribution in [-0.2, 0) is 14.8 Å². The van der Waals surface area contributed by atoms with Crippen LogP contribution in [0.3, 0.4) is 0 Å². The average Bonchev–Trinajstić information content (AvgIpc) is 2.67. The fraction of sp³-hybridized carbons (Fsp3) is 0.263. The molecule has 2 aromatic carbocycles. The number of benzene rings is 2. The molecular weight excluding hydrogens is 400 g/mol. The number of carboxylic acids is 1. The molecule has 156 valence electrons. The van der Waals surface area contributed by atoms with Gasteiger partial charge in [0.25, 0.3) is 15.9 Å². The lowest BCUT2D eigenvalue weighted by atomic mass is 10.1. The molecule has 0 fully saturated rings. The smallest absolute Gasteiger partial charge is 0.335 e. The standard InChI is InChI=1S/C19H22N2O7S/c1-4-27-15-7-9-16(10-8-15)28-13(3)18(22)20-21-29(25,26)17-11-14(19(23)24)6-5-12(17)2/h5-11,13,21H,4H2,1-3H3,(H,20,22)(H,23,24). The highest BCUT2D eigenvalue weighted by Gasteiger charge is 2.22. The lowest BCUT2D eigenvalue weighted by Gasteiger charge is -2.16. The van der Waals surface area contributed by atoms with Crippen LogP contribution >= 0.6 is 0 Å². The molecule has 1 unspecified atom stereocenters. The molecule has 2 aromatic rings. The molecule has 2 rings (SSSR count). The molecule has 0 heterocycles. The van der Waals surface area contributed by atoms with Gasteiger partial charge >= 0.3 is 5.97 Å². The molecule has 9 nitrogen and oxygen atoms in total. The molecule has 0 bridgehead atoms. The van der Waals surface area contributed by atoms with Crippen LogP contribution in [0.5, 0.6) is 11.5 Å². The number of hydrogen-bond donors (Lipinski definition) is 3. The van der Waals surface area contributed by atoms with E-state index in [4.69, 9.17) is 14.6 Å². The average molecular weight is 422 g/mol. The second-order valence-electron chi connectivity index (χ2n) is 6.04. The van der Waals surface area contributed by atoms with Crippen molar-refractivity contribution in [2.75, 3.05) is 6.61 Å². The maximum atomic E-state index is 12.4. The topological polar surface area (TPSA) is 131 Å². The summed E-state index contributed by atoms with van der Waals surface area (Å²) in [5.41, 5.74) is 2.22. The predicted octanol–water partition coefficient (Wildman–Crippen LogP) is 1.87. The fourth-order valence-corrected chi connectivity index (χ4v) is 3.45. The van der Waals surface area contributed by atoms with Gasteiger partial charge in [0.05, 0.1) is 17.1 Å². The zero-order valence-corrected chi connectivity index (χ0v) is 16.9. The van der Waals surface area contributed by atoms with E-state index < -0.39 is 28.0 Å². The highest BCUT2D eigenvalue weighted by atomic mass is 32.2. The minimum Gasteiger partial charge on any atom is -0.494 e. The molecule has 0 aromatic heterocycles. The van der Waals surface area contributed by atoms with E-state index in [9.17, 15) is 18.0 Å². The first-order valence-electron chi connectivity index (χ1n) is 8.69. The SMILES string of the molecule is CCOc1ccc(OC(C)C(=O)NNS(=O)(=O)c2cc(C(=O)O)ccc2C)cc1. The Morgan fingerprint density at radius 3 is 2.31 bits per heavy atom. The van der Waals surface area contributed by atoms with Gasteiger partial charge in [0.15, 0.2) is 6.10 Å². The summed E-state index contributed by atoms with van der Waals surface area (Å²) < 4.78 is 35.7. The zero-order chi connectivity index (χ0) is 21.6. The Balaban J connectivity index is 2.01. The number of rotatable bonds is 9. The van der Waals surface area contributed by atoms with Crippen LogP contribution < -0.4 is 19.7 Å². The summed E-state index contributed by atoms with van der Waals surface area (Å²) >= 11 is 0. The summed E-state index contributed by atoms with van der Waals surface area (Å²) in [5.74, 6) is -0.926. The van der Waals surface area contributed by atoms with Crippen LogP contribution in [0.15, 0.2) is 47.4 Å². The second-order valence-corrected chi connectivity index (χ2v) is 7.70. The number of carboxylic acid groups (broad SMARTS) is 1. The Hall–Kier alpha value is -3.11. The number of ether oxygens (including phenoxy) is 2. The highest BCUT2D eigenvalue weighted by molar-refractivity contribution is 7.89. The van der Waals surface area contributed by atoms with Crippen molar-refractivity contribution in [2.45, 2.75) is 31.8 Å². The molecule has 0 spiro atoms. The van der Waals surface area contributed by atoms with Gasteiger partial charge in [-0.1, -0.05) is 6.07 Å². The Labute approximate surface area is 168 Å². The number of aromatic carboxylic acids is 1. The minimum atomic E-state index is -4.18. The van der Waals surface area contributed by atoms with Gasteiger partial charge in [-0.15, -0.1) is 4.83 Å². The van der Waals surface area contributed by atoms with Gasteiger partial charge in [-0.05, 0) is 62.7 Å². The van der Waals surface area contributed by atoms with Crippen LogP contribution in [0.2, 0.25) is 0 Å². The van der Waals surface area contributed by atoms with Crippen molar-refractivity contribution in [1.29, 1.82) is 0 Å². The molecule has 0 aliphatic rings. The Morgan fingerprint density at radius 2 is 1.72 bits per heavy atom. The van der Waals surface area contributed by atoms with Crippen LogP contribution in [0.25, 0.3) is 0 Å². The Morgan fingerprint density at radius 1 is 1.10 bits per heavy atom. The number of aryl methyl sites for hydroxylation is 1. The molecule has 1 amide bonds. The molecule has 29 heavy (non-hydrogen) atoms. The van der Waals surface area contributed by atoms with Crippen molar-refractivity contribution < 1.29 is 32.6 Å². The minimum absolute atomic E-state index is 0.186. The summed E-state index contributed by atoms with van der Waals surface area (Å²) in [6, 6.07) is 10.3. The molecule has 0 radical (unpaired) electrons. The monoisotopic (exact) mass is 422 g/mol. The summed E-state index contributed by atoms with van der Waals surface area (Å²) in [5, 5.41) is 9.03. The number of carbonyl (C=O) groups is 2. The first-order valence-corrected chi connectivity index (χ1v) is 10.2. The first kappa shape index (κ1) is 22.2. The van der Waals surface area contributed by atoms with Crippen molar-refractivity contribution in [1.82, 2.24) is 10.3 Å². The number of nitrogens with one attached hydrogen (secondary N) is 2. The van der Waals surface area contributed by atoms with Gasteiger partial charge in [-0.25, -0.2) is 13.2 Å². The fourth-order valence-electron chi connectivity index (χ4n) is 2.34.